The minimum Gasteiger partial charge on any atom is -0.390 e. The van der Waals surface area contributed by atoms with E-state index in [4.69, 9.17) is 5.11 Å². The average Bonchev–Trinajstić information content (AvgIpc) is 3.03. The van der Waals surface area contributed by atoms with Crippen molar-refractivity contribution in [3.8, 4) is 11.1 Å². The Kier molecular flexibility index (Phi) is 4.96. The maximum Gasteiger partial charge on any atom is 0.0830 e. The Balaban J connectivity index is 0.000000163. The van der Waals surface area contributed by atoms with Gasteiger partial charge in [-0.25, -0.2) is 0 Å². The second-order valence-corrected chi connectivity index (χ2v) is 4.09. The fourth-order valence-corrected chi connectivity index (χ4v) is 1.73. The van der Waals surface area contributed by atoms with Gasteiger partial charge in [-0.1, -0.05) is 60.7 Å². The van der Waals surface area contributed by atoms with E-state index >= 15 is 0 Å². The summed E-state index contributed by atoms with van der Waals surface area (Å²) < 4.78 is 0. The number of aliphatic hydroxyl groups excluding tert-OH is 1. The highest BCUT2D eigenvalue weighted by molar-refractivity contribution is 5.62. The first kappa shape index (κ1) is 13.1. The molecule has 1 heterocycles. The summed E-state index contributed by atoms with van der Waals surface area (Å²) in [6, 6.07) is 24.5. The van der Waals surface area contributed by atoms with Gasteiger partial charge in [0, 0.05) is 11.9 Å². The van der Waals surface area contributed by atoms with Gasteiger partial charge in [-0.3, -0.25) is 0 Å². The summed E-state index contributed by atoms with van der Waals surface area (Å²) in [5, 5.41) is 8.40. The average molecular weight is 251 g/mol. The van der Waals surface area contributed by atoms with Gasteiger partial charge < -0.3 is 10.1 Å². The van der Waals surface area contributed by atoms with Crippen LogP contribution in [0.3, 0.4) is 0 Å². The summed E-state index contributed by atoms with van der Waals surface area (Å²) in [7, 11) is 0. The molecule has 1 aromatic heterocycles. The number of benzene rings is 2. The normalized spacial score (nSPS) is 9.53. The molecule has 3 rings (SSSR count). The van der Waals surface area contributed by atoms with Gasteiger partial charge in [0.15, 0.2) is 0 Å². The minimum absolute atomic E-state index is 0.104. The van der Waals surface area contributed by atoms with E-state index in [0.29, 0.717) is 0 Å². The maximum absolute atomic E-state index is 8.40. The van der Waals surface area contributed by atoms with Crippen LogP contribution < -0.4 is 0 Å². The zero-order valence-electron chi connectivity index (χ0n) is 10.7. The molecule has 0 radical (unpaired) electrons. The lowest BCUT2D eigenvalue weighted by atomic mass is 10.1. The van der Waals surface area contributed by atoms with Crippen molar-refractivity contribution >= 4 is 0 Å². The third-order valence-electron chi connectivity index (χ3n) is 2.71. The van der Waals surface area contributed by atoms with Crippen LogP contribution in [0.5, 0.6) is 0 Å². The summed E-state index contributed by atoms with van der Waals surface area (Å²) in [5.74, 6) is 0. The van der Waals surface area contributed by atoms with Crippen LogP contribution in [0.4, 0.5) is 0 Å². The predicted molar refractivity (Wildman–Crippen MR) is 78.6 cm³/mol. The van der Waals surface area contributed by atoms with Gasteiger partial charge in [-0.2, -0.15) is 0 Å². The standard InChI is InChI=1S/C12H10.C5H7NO/c1-3-7-11(8-4-1)12-9-5-2-6-10-12;7-4-5-2-1-3-6-5/h1-10H;1-3,6-7H,4H2. The lowest BCUT2D eigenvalue weighted by molar-refractivity contribution is 0.277. The van der Waals surface area contributed by atoms with Crippen molar-refractivity contribution in [3.63, 3.8) is 0 Å². The Morgan fingerprint density at radius 3 is 1.53 bits per heavy atom. The number of aromatic amines is 1. The first-order valence-corrected chi connectivity index (χ1v) is 6.24. The molecule has 96 valence electrons. The van der Waals surface area contributed by atoms with Crippen molar-refractivity contribution in [2.24, 2.45) is 0 Å². The zero-order chi connectivity index (χ0) is 13.3. The zero-order valence-corrected chi connectivity index (χ0v) is 10.7. The smallest absolute Gasteiger partial charge is 0.0830 e. The SMILES string of the molecule is OCc1ccc[nH]1.c1ccc(-c2ccccc2)cc1. The van der Waals surface area contributed by atoms with Crippen LogP contribution in [-0.2, 0) is 6.61 Å². The summed E-state index contributed by atoms with van der Waals surface area (Å²) >= 11 is 0. The second-order valence-electron chi connectivity index (χ2n) is 4.09. The molecule has 2 heteroatoms. The Hall–Kier alpha value is -2.32. The van der Waals surface area contributed by atoms with Crippen LogP contribution >= 0.6 is 0 Å². The molecule has 2 N–H and O–H groups in total. The number of aliphatic hydroxyl groups is 1. The molecule has 0 amide bonds. The highest BCUT2D eigenvalue weighted by atomic mass is 16.3. The fraction of sp³-hybridized carbons (Fsp3) is 0.0588. The number of aromatic nitrogens is 1. The molecule has 19 heavy (non-hydrogen) atoms. The van der Waals surface area contributed by atoms with E-state index in [1.165, 1.54) is 11.1 Å². The van der Waals surface area contributed by atoms with Gasteiger partial charge in [-0.05, 0) is 23.3 Å². The van der Waals surface area contributed by atoms with E-state index < -0.39 is 0 Å². The largest absolute Gasteiger partial charge is 0.390 e. The van der Waals surface area contributed by atoms with Crippen LogP contribution in [0, 0.1) is 0 Å². The Labute approximate surface area is 113 Å². The highest BCUT2D eigenvalue weighted by Crippen LogP contribution is 2.17. The lowest BCUT2D eigenvalue weighted by Gasteiger charge is -1.98. The van der Waals surface area contributed by atoms with Crippen LogP contribution in [0.1, 0.15) is 5.69 Å². The molecule has 0 aliphatic carbocycles. The maximum atomic E-state index is 8.40. The number of hydrogen-bond donors (Lipinski definition) is 2. The monoisotopic (exact) mass is 251 g/mol. The fourth-order valence-electron chi connectivity index (χ4n) is 1.73. The molecule has 0 aliphatic rings. The Bertz CT molecular complexity index is 521. The summed E-state index contributed by atoms with van der Waals surface area (Å²) in [5.41, 5.74) is 3.41. The molecule has 0 atom stereocenters. The van der Waals surface area contributed by atoms with Crippen LogP contribution in [0.15, 0.2) is 79.0 Å². The van der Waals surface area contributed by atoms with Crippen LogP contribution in [0.2, 0.25) is 0 Å². The molecule has 2 aromatic carbocycles. The topological polar surface area (TPSA) is 36.0 Å². The lowest BCUT2D eigenvalue weighted by Crippen LogP contribution is -1.77. The Morgan fingerprint density at radius 1 is 0.684 bits per heavy atom. The summed E-state index contributed by atoms with van der Waals surface area (Å²) in [6.07, 6.45) is 1.78. The Morgan fingerprint density at radius 2 is 1.21 bits per heavy atom. The van der Waals surface area contributed by atoms with Gasteiger partial charge in [0.05, 0.1) is 6.61 Å². The van der Waals surface area contributed by atoms with E-state index in [9.17, 15) is 0 Å². The molecule has 0 saturated carbocycles. The summed E-state index contributed by atoms with van der Waals surface area (Å²) in [4.78, 5) is 2.84. The van der Waals surface area contributed by atoms with Gasteiger partial charge >= 0.3 is 0 Å². The van der Waals surface area contributed by atoms with E-state index in [1.807, 2.05) is 24.3 Å². The quantitative estimate of drug-likeness (QED) is 0.712. The van der Waals surface area contributed by atoms with Crippen molar-refractivity contribution in [1.82, 2.24) is 4.98 Å². The first-order valence-electron chi connectivity index (χ1n) is 6.24. The van der Waals surface area contributed by atoms with Crippen molar-refractivity contribution < 1.29 is 5.11 Å². The van der Waals surface area contributed by atoms with Crippen molar-refractivity contribution in [2.75, 3.05) is 0 Å². The number of hydrogen-bond acceptors (Lipinski definition) is 1. The van der Waals surface area contributed by atoms with Gasteiger partial charge in [0.2, 0.25) is 0 Å². The molecule has 0 aliphatic heterocycles. The number of nitrogens with one attached hydrogen (secondary N) is 1. The van der Waals surface area contributed by atoms with Crippen molar-refractivity contribution in [2.45, 2.75) is 6.61 Å². The predicted octanol–water partition coefficient (Wildman–Crippen LogP) is 3.86. The van der Waals surface area contributed by atoms with Gasteiger partial charge in [-0.15, -0.1) is 0 Å². The molecular formula is C17H17NO. The van der Waals surface area contributed by atoms with Crippen LogP contribution in [0.25, 0.3) is 11.1 Å². The number of rotatable bonds is 2. The van der Waals surface area contributed by atoms with Crippen LogP contribution in [-0.4, -0.2) is 10.1 Å². The molecule has 0 saturated heterocycles. The molecule has 0 bridgehead atoms. The van der Waals surface area contributed by atoms with E-state index in [-0.39, 0.29) is 6.61 Å². The van der Waals surface area contributed by atoms with E-state index in [2.05, 4.69) is 53.5 Å². The highest BCUT2D eigenvalue weighted by Gasteiger charge is 1.91. The first-order chi connectivity index (χ1) is 9.40. The third-order valence-corrected chi connectivity index (χ3v) is 2.71. The molecule has 2 nitrogen and oxygen atoms in total. The van der Waals surface area contributed by atoms with E-state index in [1.54, 1.807) is 6.20 Å². The minimum atomic E-state index is 0.104. The van der Waals surface area contributed by atoms with Gasteiger partial charge in [0.25, 0.3) is 0 Å². The summed E-state index contributed by atoms with van der Waals surface area (Å²) in [6.45, 7) is 0.104. The van der Waals surface area contributed by atoms with Crippen molar-refractivity contribution in [1.29, 1.82) is 0 Å². The third kappa shape index (κ3) is 4.12. The molecule has 0 fully saturated rings. The molecule has 0 spiro atoms. The molecular weight excluding hydrogens is 234 g/mol. The van der Waals surface area contributed by atoms with Gasteiger partial charge in [0.1, 0.15) is 0 Å². The van der Waals surface area contributed by atoms with E-state index in [0.717, 1.165) is 5.69 Å². The second kappa shape index (κ2) is 7.19. The molecule has 3 aromatic rings. The number of H-pyrrole nitrogens is 1. The molecule has 0 unspecified atom stereocenters. The van der Waals surface area contributed by atoms with Crippen molar-refractivity contribution in [3.05, 3.63) is 84.7 Å².